The second kappa shape index (κ2) is 8.29. The van der Waals surface area contributed by atoms with Gasteiger partial charge in [-0.3, -0.25) is 0 Å². The molecule has 0 spiro atoms. The quantitative estimate of drug-likeness (QED) is 0.639. The van der Waals surface area contributed by atoms with Crippen LogP contribution in [0.4, 0.5) is 10.7 Å². The average Bonchev–Trinajstić information content (AvgIpc) is 3.05. The highest BCUT2D eigenvalue weighted by atomic mass is 32.1. The zero-order chi connectivity index (χ0) is 21.0. The van der Waals surface area contributed by atoms with Crippen LogP contribution in [0.25, 0.3) is 16.3 Å². The predicted octanol–water partition coefficient (Wildman–Crippen LogP) is 4.23. The molecule has 0 atom stereocenters. The highest BCUT2D eigenvalue weighted by Gasteiger charge is 2.21. The van der Waals surface area contributed by atoms with Gasteiger partial charge in [-0.05, 0) is 51.1 Å². The van der Waals surface area contributed by atoms with E-state index >= 15 is 0 Å². The average molecular weight is 408 g/mol. The van der Waals surface area contributed by atoms with Crippen LogP contribution < -0.4 is 4.90 Å². The molecule has 0 bridgehead atoms. The Bertz CT molecular complexity index is 1120. The van der Waals surface area contributed by atoms with Crippen LogP contribution in [0, 0.1) is 11.8 Å². The summed E-state index contributed by atoms with van der Waals surface area (Å²) in [6, 6.07) is 5.07. The number of carbonyl (C=O) groups is 1. The molecule has 1 aromatic carbocycles. The van der Waals surface area contributed by atoms with E-state index in [1.54, 1.807) is 70.6 Å². The summed E-state index contributed by atoms with van der Waals surface area (Å²) in [6.07, 6.45) is 6.07. The van der Waals surface area contributed by atoms with Gasteiger partial charge in [0.2, 0.25) is 5.95 Å². The number of aromatic hydroxyl groups is 1. The number of allylic oxidation sites excluding steroid dienone is 1. The summed E-state index contributed by atoms with van der Waals surface area (Å²) in [4.78, 5) is 26.0. The Labute approximate surface area is 172 Å². The number of phenolic OH excluding ortho intramolecular Hbond substituents is 1. The van der Waals surface area contributed by atoms with Gasteiger partial charge in [0.15, 0.2) is 0 Å². The molecule has 0 unspecified atom stereocenters. The molecule has 0 saturated carbocycles. The normalized spacial score (nSPS) is 11.3. The minimum Gasteiger partial charge on any atom is -0.508 e. The molecule has 148 valence electrons. The van der Waals surface area contributed by atoms with Crippen molar-refractivity contribution in [2.75, 3.05) is 11.9 Å². The van der Waals surface area contributed by atoms with Crippen LogP contribution in [-0.4, -0.2) is 38.8 Å². The first-order valence-electron chi connectivity index (χ1n) is 8.78. The van der Waals surface area contributed by atoms with Crippen molar-refractivity contribution < 1.29 is 14.6 Å². The summed E-state index contributed by atoms with van der Waals surface area (Å²) in [5, 5.41) is 10.3. The van der Waals surface area contributed by atoms with Crippen LogP contribution in [0.5, 0.6) is 5.75 Å². The highest BCUT2D eigenvalue weighted by Crippen LogP contribution is 2.26. The molecular formula is C21H20N4O3S. The molecule has 29 heavy (non-hydrogen) atoms. The van der Waals surface area contributed by atoms with Crippen molar-refractivity contribution in [3.05, 3.63) is 47.2 Å². The number of rotatable bonds is 2. The third-order valence-electron chi connectivity index (χ3n) is 3.52. The maximum Gasteiger partial charge on any atom is 0.416 e. The number of aromatic nitrogens is 3. The molecule has 2 aromatic heterocycles. The van der Waals surface area contributed by atoms with Crippen molar-refractivity contribution in [1.82, 2.24) is 15.0 Å². The molecule has 3 rings (SSSR count). The summed E-state index contributed by atoms with van der Waals surface area (Å²) in [5.74, 6) is 6.30. The lowest BCUT2D eigenvalue weighted by Gasteiger charge is -2.23. The number of fused-ring (bicyclic) bond motifs is 1. The van der Waals surface area contributed by atoms with Gasteiger partial charge in [-0.15, -0.1) is 11.3 Å². The molecular weight excluding hydrogens is 388 g/mol. The summed E-state index contributed by atoms with van der Waals surface area (Å²) in [5.41, 5.74) is 0.857. The number of hydrogen-bond acceptors (Lipinski definition) is 7. The minimum atomic E-state index is -0.591. The molecule has 2 heterocycles. The largest absolute Gasteiger partial charge is 0.508 e. The Hall–Kier alpha value is -3.44. The van der Waals surface area contributed by atoms with Crippen LogP contribution in [0.2, 0.25) is 0 Å². The maximum atomic E-state index is 12.0. The van der Waals surface area contributed by atoms with Crippen molar-refractivity contribution in [3.8, 4) is 17.6 Å². The predicted molar refractivity (Wildman–Crippen MR) is 114 cm³/mol. The van der Waals surface area contributed by atoms with E-state index in [2.05, 4.69) is 26.8 Å². The van der Waals surface area contributed by atoms with Gasteiger partial charge in [0.1, 0.15) is 16.4 Å². The lowest BCUT2D eigenvalue weighted by atomic mass is 10.2. The number of phenols is 1. The lowest BCUT2D eigenvalue weighted by molar-refractivity contribution is 0.0587. The zero-order valence-corrected chi connectivity index (χ0v) is 17.3. The first-order valence-corrected chi connectivity index (χ1v) is 9.59. The second-order valence-electron chi connectivity index (χ2n) is 7.12. The number of nitrogens with zero attached hydrogens (tertiary/aromatic N) is 4. The summed E-state index contributed by atoms with van der Waals surface area (Å²) >= 11 is 1.47. The lowest BCUT2D eigenvalue weighted by Crippen LogP contribution is -2.35. The van der Waals surface area contributed by atoms with Crippen molar-refractivity contribution in [1.29, 1.82) is 0 Å². The second-order valence-corrected chi connectivity index (χ2v) is 8.18. The van der Waals surface area contributed by atoms with Crippen LogP contribution in [0.1, 0.15) is 31.3 Å². The molecule has 3 aromatic rings. The molecule has 1 N–H and O–H groups in total. The first kappa shape index (κ1) is 20.3. The number of amides is 1. The third-order valence-corrected chi connectivity index (χ3v) is 4.50. The molecule has 0 aliphatic heterocycles. The maximum absolute atomic E-state index is 12.0. The Morgan fingerprint density at radius 2 is 2.00 bits per heavy atom. The van der Waals surface area contributed by atoms with Gasteiger partial charge in [0, 0.05) is 19.4 Å². The minimum absolute atomic E-state index is 0.220. The number of anilines is 1. The molecule has 0 fully saturated rings. The molecule has 0 saturated heterocycles. The number of carbonyl (C=O) groups excluding carboxylic acids is 1. The third kappa shape index (κ3) is 5.53. The molecule has 0 aliphatic carbocycles. The van der Waals surface area contributed by atoms with E-state index in [4.69, 9.17) is 4.74 Å². The molecule has 7 nitrogen and oxygen atoms in total. The van der Waals surface area contributed by atoms with E-state index in [0.29, 0.717) is 5.56 Å². The SMILES string of the molecule is CN(C(=O)OC(C)(C)C)c1ncc(C#C/C=C/c2nc3ccc(O)cc3s2)cn1. The molecule has 0 radical (unpaired) electrons. The number of hydrogen-bond donors (Lipinski definition) is 1. The standard InChI is InChI=1S/C21H20N4O3S/c1-21(2,3)28-20(27)25(4)19-22-12-14(13-23-19)7-5-6-8-18-24-16-10-9-15(26)11-17(16)29-18/h6,8-13,26H,1-4H3/b8-6+. The fourth-order valence-corrected chi connectivity index (χ4v) is 3.11. The van der Waals surface area contributed by atoms with Crippen LogP contribution in [0.3, 0.4) is 0 Å². The van der Waals surface area contributed by atoms with E-state index in [9.17, 15) is 9.90 Å². The Balaban J connectivity index is 1.64. The number of ether oxygens (including phenoxy) is 1. The topological polar surface area (TPSA) is 88.4 Å². The highest BCUT2D eigenvalue weighted by molar-refractivity contribution is 7.19. The summed E-state index contributed by atoms with van der Waals surface area (Å²) in [7, 11) is 1.55. The fraction of sp³-hybridized carbons (Fsp3) is 0.238. The van der Waals surface area contributed by atoms with E-state index in [1.807, 2.05) is 0 Å². The zero-order valence-electron chi connectivity index (χ0n) is 16.5. The van der Waals surface area contributed by atoms with Gasteiger partial charge in [-0.25, -0.2) is 24.6 Å². The van der Waals surface area contributed by atoms with E-state index in [-0.39, 0.29) is 11.7 Å². The molecule has 8 heteroatoms. The fourth-order valence-electron chi connectivity index (χ4n) is 2.21. The van der Waals surface area contributed by atoms with E-state index < -0.39 is 11.7 Å². The van der Waals surface area contributed by atoms with Gasteiger partial charge in [-0.2, -0.15) is 0 Å². The van der Waals surface area contributed by atoms with E-state index in [1.165, 1.54) is 16.2 Å². The number of thiazole rings is 1. The van der Waals surface area contributed by atoms with Crippen LogP contribution in [0.15, 0.2) is 36.7 Å². The molecule has 0 aliphatic rings. The van der Waals surface area contributed by atoms with Crippen molar-refractivity contribution >= 4 is 39.7 Å². The summed E-state index contributed by atoms with van der Waals surface area (Å²) in [6.45, 7) is 5.39. The number of benzene rings is 1. The Morgan fingerprint density at radius 3 is 2.69 bits per heavy atom. The van der Waals surface area contributed by atoms with Crippen molar-refractivity contribution in [2.45, 2.75) is 26.4 Å². The van der Waals surface area contributed by atoms with Gasteiger partial charge < -0.3 is 9.84 Å². The van der Waals surface area contributed by atoms with E-state index in [0.717, 1.165) is 15.2 Å². The first-order chi connectivity index (χ1) is 13.7. The van der Waals surface area contributed by atoms with Crippen molar-refractivity contribution in [3.63, 3.8) is 0 Å². The summed E-state index contributed by atoms with van der Waals surface area (Å²) < 4.78 is 6.20. The van der Waals surface area contributed by atoms with Gasteiger partial charge >= 0.3 is 6.09 Å². The van der Waals surface area contributed by atoms with Crippen molar-refractivity contribution in [2.24, 2.45) is 0 Å². The Morgan fingerprint density at radius 1 is 1.28 bits per heavy atom. The monoisotopic (exact) mass is 408 g/mol. The van der Waals surface area contributed by atoms with Gasteiger partial charge in [-0.1, -0.05) is 11.8 Å². The Kier molecular flexibility index (Phi) is 5.80. The van der Waals surface area contributed by atoms with Gasteiger partial charge in [0.25, 0.3) is 0 Å². The van der Waals surface area contributed by atoms with Crippen LogP contribution >= 0.6 is 11.3 Å². The van der Waals surface area contributed by atoms with Gasteiger partial charge in [0.05, 0.1) is 15.8 Å². The molecule has 1 amide bonds. The van der Waals surface area contributed by atoms with Crippen LogP contribution in [-0.2, 0) is 4.74 Å². The smallest absolute Gasteiger partial charge is 0.416 e.